The lowest BCUT2D eigenvalue weighted by atomic mass is 10.3. The average molecular weight is 451 g/mol. The van der Waals surface area contributed by atoms with E-state index in [4.69, 9.17) is 16.7 Å². The fourth-order valence-corrected chi connectivity index (χ4v) is 4.51. The van der Waals surface area contributed by atoms with Crippen molar-refractivity contribution >= 4 is 49.2 Å². The molecule has 0 heterocycles. The van der Waals surface area contributed by atoms with Gasteiger partial charge in [0.25, 0.3) is 10.0 Å². The van der Waals surface area contributed by atoms with Crippen molar-refractivity contribution in [3.63, 3.8) is 0 Å². The second-order valence-corrected chi connectivity index (χ2v) is 8.31. The number of hydrogen-bond acceptors (Lipinski definition) is 3. The summed E-state index contributed by atoms with van der Waals surface area (Å²) >= 11 is 9.42. The average Bonchev–Trinajstić information content (AvgIpc) is 2.52. The lowest BCUT2D eigenvalue weighted by Crippen LogP contribution is -2.32. The van der Waals surface area contributed by atoms with E-state index in [9.17, 15) is 17.6 Å². The van der Waals surface area contributed by atoms with E-state index < -0.39 is 21.8 Å². The molecule has 5 nitrogen and oxygen atoms in total. The molecule has 0 aromatic heterocycles. The van der Waals surface area contributed by atoms with Gasteiger partial charge in [0.05, 0.1) is 15.6 Å². The topological polar surface area (TPSA) is 74.7 Å². The van der Waals surface area contributed by atoms with Gasteiger partial charge in [-0.1, -0.05) is 27.5 Å². The van der Waals surface area contributed by atoms with Crippen molar-refractivity contribution in [2.24, 2.45) is 0 Å². The fourth-order valence-electron chi connectivity index (χ4n) is 2.16. The predicted octanol–water partition coefficient (Wildman–Crippen LogP) is 4.30. The van der Waals surface area contributed by atoms with E-state index >= 15 is 0 Å². The largest absolute Gasteiger partial charge is 0.481 e. The number of carboxylic acid groups (broad SMARTS) is 1. The highest BCUT2D eigenvalue weighted by atomic mass is 79.9. The fraction of sp³-hybridized carbons (Fsp3) is 0.188. The van der Waals surface area contributed by atoms with Gasteiger partial charge in [-0.05, 0) is 48.9 Å². The SMILES string of the molecule is O=C(O)CCCN(c1ccc(Br)cc1Cl)S(=O)(=O)c1ccc(F)cc1. The van der Waals surface area contributed by atoms with E-state index in [0.29, 0.717) is 4.47 Å². The molecule has 2 rings (SSSR count). The van der Waals surface area contributed by atoms with E-state index in [2.05, 4.69) is 15.9 Å². The first kappa shape index (κ1) is 19.7. The maximum atomic E-state index is 13.1. The van der Waals surface area contributed by atoms with Crippen LogP contribution in [0.15, 0.2) is 51.8 Å². The molecule has 0 atom stereocenters. The summed E-state index contributed by atoms with van der Waals surface area (Å²) in [6.07, 6.45) is -0.0915. The summed E-state index contributed by atoms with van der Waals surface area (Å²) in [5.41, 5.74) is 0.222. The Hall–Kier alpha value is -1.64. The molecule has 0 aliphatic rings. The molecule has 0 spiro atoms. The summed E-state index contributed by atoms with van der Waals surface area (Å²) in [7, 11) is -4.03. The molecule has 2 aromatic carbocycles. The molecule has 0 aliphatic carbocycles. The monoisotopic (exact) mass is 449 g/mol. The third-order valence-electron chi connectivity index (χ3n) is 3.33. The molecule has 0 radical (unpaired) electrons. The van der Waals surface area contributed by atoms with Crippen molar-refractivity contribution in [2.45, 2.75) is 17.7 Å². The van der Waals surface area contributed by atoms with Gasteiger partial charge in [0.1, 0.15) is 5.82 Å². The summed E-state index contributed by atoms with van der Waals surface area (Å²) < 4.78 is 40.7. The highest BCUT2D eigenvalue weighted by Gasteiger charge is 2.26. The molecule has 0 fully saturated rings. The van der Waals surface area contributed by atoms with E-state index in [1.54, 1.807) is 12.1 Å². The maximum absolute atomic E-state index is 13.1. The molecule has 0 saturated heterocycles. The van der Waals surface area contributed by atoms with Gasteiger partial charge in [0.15, 0.2) is 0 Å². The normalized spacial score (nSPS) is 11.3. The Morgan fingerprint density at radius 2 is 1.84 bits per heavy atom. The molecule has 2 aromatic rings. The molecule has 25 heavy (non-hydrogen) atoms. The van der Waals surface area contributed by atoms with Crippen molar-refractivity contribution in [1.82, 2.24) is 0 Å². The summed E-state index contributed by atoms with van der Waals surface area (Å²) in [4.78, 5) is 10.6. The Balaban J connectivity index is 2.45. The number of nitrogens with zero attached hydrogens (tertiary/aromatic N) is 1. The number of sulfonamides is 1. The summed E-state index contributed by atoms with van der Waals surface area (Å²) in [5, 5.41) is 8.99. The molecule has 0 saturated carbocycles. The number of hydrogen-bond donors (Lipinski definition) is 1. The van der Waals surface area contributed by atoms with Gasteiger partial charge in [-0.2, -0.15) is 0 Å². The lowest BCUT2D eigenvalue weighted by molar-refractivity contribution is -0.137. The smallest absolute Gasteiger partial charge is 0.303 e. The molecule has 134 valence electrons. The van der Waals surface area contributed by atoms with E-state index in [0.717, 1.165) is 28.6 Å². The number of halogens is 3. The van der Waals surface area contributed by atoms with Crippen LogP contribution in [0.3, 0.4) is 0 Å². The van der Waals surface area contributed by atoms with Crippen LogP contribution >= 0.6 is 27.5 Å². The molecular formula is C16H14BrClFNO4S. The van der Waals surface area contributed by atoms with Crippen molar-refractivity contribution in [2.75, 3.05) is 10.8 Å². The predicted molar refractivity (Wildman–Crippen MR) is 97.0 cm³/mol. The Labute approximate surface area is 158 Å². The number of carbonyl (C=O) groups is 1. The molecule has 0 unspecified atom stereocenters. The Morgan fingerprint density at radius 3 is 2.40 bits per heavy atom. The van der Waals surface area contributed by atoms with Crippen LogP contribution in [-0.4, -0.2) is 26.0 Å². The first-order valence-corrected chi connectivity index (χ1v) is 9.78. The lowest BCUT2D eigenvalue weighted by Gasteiger charge is -2.25. The standard InChI is InChI=1S/C16H14BrClFNO4S/c17-11-3-8-15(14(18)10-11)20(9-1-2-16(21)22)25(23,24)13-6-4-12(19)5-7-13/h3-8,10H,1-2,9H2,(H,21,22). The number of benzene rings is 2. The van der Waals surface area contributed by atoms with Crippen LogP contribution in [0.4, 0.5) is 10.1 Å². The number of aliphatic carboxylic acids is 1. The minimum absolute atomic E-state index is 0.0760. The highest BCUT2D eigenvalue weighted by molar-refractivity contribution is 9.10. The van der Waals surface area contributed by atoms with Crippen LogP contribution in [0.25, 0.3) is 0 Å². The van der Waals surface area contributed by atoms with Gasteiger partial charge in [0, 0.05) is 17.4 Å². The van der Waals surface area contributed by atoms with Crippen LogP contribution in [0.5, 0.6) is 0 Å². The van der Waals surface area contributed by atoms with E-state index in [-0.39, 0.29) is 35.0 Å². The minimum Gasteiger partial charge on any atom is -0.481 e. The van der Waals surface area contributed by atoms with Crippen LogP contribution in [0.1, 0.15) is 12.8 Å². The highest BCUT2D eigenvalue weighted by Crippen LogP contribution is 2.33. The zero-order valence-corrected chi connectivity index (χ0v) is 16.0. The van der Waals surface area contributed by atoms with E-state index in [1.165, 1.54) is 6.07 Å². The summed E-state index contributed by atoms with van der Waals surface area (Å²) in [6, 6.07) is 9.10. The zero-order valence-electron chi connectivity index (χ0n) is 12.8. The molecule has 9 heteroatoms. The van der Waals surface area contributed by atoms with Crippen molar-refractivity contribution in [1.29, 1.82) is 0 Å². The van der Waals surface area contributed by atoms with Gasteiger partial charge < -0.3 is 5.11 Å². The van der Waals surface area contributed by atoms with Crippen LogP contribution in [-0.2, 0) is 14.8 Å². The molecule has 1 N–H and O–H groups in total. The van der Waals surface area contributed by atoms with Crippen LogP contribution in [0, 0.1) is 5.82 Å². The first-order valence-electron chi connectivity index (χ1n) is 7.17. The number of carboxylic acids is 1. The van der Waals surface area contributed by atoms with Gasteiger partial charge in [-0.25, -0.2) is 12.8 Å². The van der Waals surface area contributed by atoms with E-state index in [1.807, 2.05) is 0 Å². The molecule has 0 bridgehead atoms. The van der Waals surface area contributed by atoms with Gasteiger partial charge in [-0.15, -0.1) is 0 Å². The van der Waals surface area contributed by atoms with Gasteiger partial charge in [0.2, 0.25) is 0 Å². The van der Waals surface area contributed by atoms with Crippen LogP contribution in [0.2, 0.25) is 5.02 Å². The Bertz CT molecular complexity index is 874. The van der Waals surface area contributed by atoms with Gasteiger partial charge >= 0.3 is 5.97 Å². The maximum Gasteiger partial charge on any atom is 0.303 e. The third kappa shape index (κ3) is 4.93. The summed E-state index contributed by atoms with van der Waals surface area (Å²) in [6.45, 7) is -0.0760. The Morgan fingerprint density at radius 1 is 1.20 bits per heavy atom. The summed E-state index contributed by atoms with van der Waals surface area (Å²) in [5.74, 6) is -1.58. The minimum atomic E-state index is -4.03. The second-order valence-electron chi connectivity index (χ2n) is 5.12. The second kappa shape index (κ2) is 8.16. The molecule has 0 amide bonds. The number of anilines is 1. The van der Waals surface area contributed by atoms with Gasteiger partial charge in [-0.3, -0.25) is 9.10 Å². The van der Waals surface area contributed by atoms with Crippen molar-refractivity contribution in [3.8, 4) is 0 Å². The third-order valence-corrected chi connectivity index (χ3v) is 5.96. The first-order chi connectivity index (χ1) is 11.7. The van der Waals surface area contributed by atoms with Crippen molar-refractivity contribution in [3.05, 3.63) is 57.8 Å². The Kier molecular flexibility index (Phi) is 6.42. The molecular weight excluding hydrogens is 437 g/mol. The number of rotatable bonds is 7. The van der Waals surface area contributed by atoms with Crippen LogP contribution < -0.4 is 4.31 Å². The van der Waals surface area contributed by atoms with Crippen molar-refractivity contribution < 1.29 is 22.7 Å². The quantitative estimate of drug-likeness (QED) is 0.682. The molecule has 0 aliphatic heterocycles. The zero-order chi connectivity index (χ0) is 18.6.